The van der Waals surface area contributed by atoms with Crippen LogP contribution in [0, 0.1) is 11.8 Å². The fourth-order valence-corrected chi connectivity index (χ4v) is 4.60. The molecule has 2 fully saturated rings. The minimum atomic E-state index is -3.38. The lowest BCUT2D eigenvalue weighted by Crippen LogP contribution is -2.25. The van der Waals surface area contributed by atoms with Gasteiger partial charge < -0.3 is 10.0 Å². The van der Waals surface area contributed by atoms with Crippen LogP contribution in [-0.2, 0) is 10.0 Å². The predicted molar refractivity (Wildman–Crippen MR) is 81.7 cm³/mol. The number of hydrogen-bond acceptors (Lipinski definition) is 4. The monoisotopic (exact) mass is 310 g/mol. The molecule has 1 heterocycles. The molecule has 0 spiro atoms. The molecule has 3 unspecified atom stereocenters. The molecule has 0 amide bonds. The summed E-state index contributed by atoms with van der Waals surface area (Å²) in [6, 6.07) is 7.02. The van der Waals surface area contributed by atoms with Crippen molar-refractivity contribution >= 4 is 15.7 Å². The summed E-state index contributed by atoms with van der Waals surface area (Å²) in [6.07, 6.45) is 1.84. The van der Waals surface area contributed by atoms with Gasteiger partial charge in [0.25, 0.3) is 0 Å². The van der Waals surface area contributed by atoms with Crippen LogP contribution in [0.25, 0.3) is 0 Å². The van der Waals surface area contributed by atoms with Crippen molar-refractivity contribution in [3.63, 3.8) is 0 Å². The second kappa shape index (κ2) is 5.59. The zero-order valence-corrected chi connectivity index (χ0v) is 13.0. The maximum absolute atomic E-state index is 11.9. The first-order chi connectivity index (χ1) is 10.0. The molecule has 21 heavy (non-hydrogen) atoms. The first-order valence-electron chi connectivity index (χ1n) is 7.54. The van der Waals surface area contributed by atoms with Crippen molar-refractivity contribution in [2.45, 2.75) is 30.8 Å². The van der Waals surface area contributed by atoms with Crippen LogP contribution in [0.2, 0.25) is 0 Å². The summed E-state index contributed by atoms with van der Waals surface area (Å²) in [6.45, 7) is 3.98. The third-order valence-corrected chi connectivity index (χ3v) is 6.23. The van der Waals surface area contributed by atoms with E-state index in [0.29, 0.717) is 23.3 Å². The molecule has 1 saturated heterocycles. The third kappa shape index (κ3) is 2.80. The minimum Gasteiger partial charge on any atom is -0.393 e. The molecule has 5 nitrogen and oxygen atoms in total. The average Bonchev–Trinajstić information content (AvgIpc) is 3.02. The van der Waals surface area contributed by atoms with Gasteiger partial charge in [0.1, 0.15) is 0 Å². The zero-order valence-electron chi connectivity index (χ0n) is 12.2. The van der Waals surface area contributed by atoms with Crippen LogP contribution in [0.15, 0.2) is 29.2 Å². The smallest absolute Gasteiger partial charge is 0.240 e. The number of aliphatic hydroxyl groups excluding tert-OH is 1. The van der Waals surface area contributed by atoms with Crippen LogP contribution >= 0.6 is 0 Å². The molecular weight excluding hydrogens is 288 g/mol. The highest BCUT2D eigenvalue weighted by atomic mass is 32.2. The molecular formula is C15H22N2O3S. The minimum absolute atomic E-state index is 0.173. The summed E-state index contributed by atoms with van der Waals surface area (Å²) in [4.78, 5) is 2.55. The molecule has 2 N–H and O–H groups in total. The van der Waals surface area contributed by atoms with Gasteiger partial charge in [-0.25, -0.2) is 13.1 Å². The number of nitrogens with one attached hydrogen (secondary N) is 1. The summed E-state index contributed by atoms with van der Waals surface area (Å²) < 4.78 is 26.3. The van der Waals surface area contributed by atoms with E-state index >= 15 is 0 Å². The Labute approximate surface area is 126 Å². The fourth-order valence-electron chi connectivity index (χ4n) is 3.56. The van der Waals surface area contributed by atoms with Gasteiger partial charge in [-0.1, -0.05) is 6.92 Å². The van der Waals surface area contributed by atoms with Crippen LogP contribution in [0.5, 0.6) is 0 Å². The molecule has 1 aliphatic heterocycles. The maximum Gasteiger partial charge on any atom is 0.240 e. The summed E-state index contributed by atoms with van der Waals surface area (Å²) in [7, 11) is -3.38. The second-order valence-electron chi connectivity index (χ2n) is 5.97. The van der Waals surface area contributed by atoms with Gasteiger partial charge in [0.15, 0.2) is 0 Å². The molecule has 1 aromatic rings. The molecule has 3 rings (SSSR count). The SMILES string of the molecule is CCNS(=O)(=O)c1ccc(N2CC3CCC(O)C3C2)cc1. The quantitative estimate of drug-likeness (QED) is 0.876. The molecule has 116 valence electrons. The van der Waals surface area contributed by atoms with Crippen LogP contribution in [0.1, 0.15) is 19.8 Å². The largest absolute Gasteiger partial charge is 0.393 e. The standard InChI is InChI=1S/C15H22N2O3S/c1-2-16-21(19,20)13-6-4-12(5-7-13)17-9-11-3-8-15(18)14(11)10-17/h4-7,11,14-16,18H,2-3,8-10H2,1H3. The predicted octanol–water partition coefficient (Wildman–Crippen LogP) is 1.19. The van der Waals surface area contributed by atoms with E-state index in [0.717, 1.165) is 31.6 Å². The van der Waals surface area contributed by atoms with Crippen molar-refractivity contribution in [2.75, 3.05) is 24.5 Å². The lowest BCUT2D eigenvalue weighted by Gasteiger charge is -2.20. The highest BCUT2D eigenvalue weighted by Crippen LogP contribution is 2.39. The number of benzene rings is 1. The molecule has 0 aromatic heterocycles. The Kier molecular flexibility index (Phi) is 3.94. The first kappa shape index (κ1) is 14.8. The first-order valence-corrected chi connectivity index (χ1v) is 9.02. The van der Waals surface area contributed by atoms with Crippen molar-refractivity contribution in [1.82, 2.24) is 4.72 Å². The number of nitrogens with zero attached hydrogens (tertiary/aromatic N) is 1. The molecule has 6 heteroatoms. The van der Waals surface area contributed by atoms with Crippen molar-refractivity contribution in [3.05, 3.63) is 24.3 Å². The molecule has 1 aromatic carbocycles. The number of sulfonamides is 1. The van der Waals surface area contributed by atoms with E-state index in [2.05, 4.69) is 9.62 Å². The number of hydrogen-bond donors (Lipinski definition) is 2. The van der Waals surface area contributed by atoms with Gasteiger partial charge in [-0.3, -0.25) is 0 Å². The van der Waals surface area contributed by atoms with E-state index in [1.807, 2.05) is 12.1 Å². The zero-order chi connectivity index (χ0) is 15.0. The molecule has 0 radical (unpaired) electrons. The van der Waals surface area contributed by atoms with Gasteiger partial charge >= 0.3 is 0 Å². The number of rotatable bonds is 4. The molecule has 1 aliphatic carbocycles. The van der Waals surface area contributed by atoms with Crippen LogP contribution < -0.4 is 9.62 Å². The number of anilines is 1. The van der Waals surface area contributed by atoms with Crippen LogP contribution in [0.3, 0.4) is 0 Å². The Hall–Kier alpha value is -1.11. The fraction of sp³-hybridized carbons (Fsp3) is 0.600. The van der Waals surface area contributed by atoms with Gasteiger partial charge in [-0.15, -0.1) is 0 Å². The van der Waals surface area contributed by atoms with Gasteiger partial charge in [0.2, 0.25) is 10.0 Å². The van der Waals surface area contributed by atoms with E-state index in [4.69, 9.17) is 0 Å². The second-order valence-corrected chi connectivity index (χ2v) is 7.74. The highest BCUT2D eigenvalue weighted by Gasteiger charge is 2.41. The lowest BCUT2D eigenvalue weighted by molar-refractivity contribution is 0.133. The summed E-state index contributed by atoms with van der Waals surface area (Å²) >= 11 is 0. The van der Waals surface area contributed by atoms with Crippen molar-refractivity contribution in [2.24, 2.45) is 11.8 Å². The normalized spacial score (nSPS) is 28.9. The Balaban J connectivity index is 1.74. The van der Waals surface area contributed by atoms with E-state index < -0.39 is 10.0 Å². The Morgan fingerprint density at radius 1 is 1.24 bits per heavy atom. The summed E-state index contributed by atoms with van der Waals surface area (Å²) in [5.74, 6) is 0.945. The Morgan fingerprint density at radius 3 is 2.57 bits per heavy atom. The van der Waals surface area contributed by atoms with E-state index in [9.17, 15) is 13.5 Å². The number of fused-ring (bicyclic) bond motifs is 1. The van der Waals surface area contributed by atoms with Gasteiger partial charge in [-0.2, -0.15) is 0 Å². The maximum atomic E-state index is 11.9. The van der Waals surface area contributed by atoms with E-state index in [1.54, 1.807) is 19.1 Å². The average molecular weight is 310 g/mol. The van der Waals surface area contributed by atoms with Crippen LogP contribution in [-0.4, -0.2) is 39.3 Å². The Bertz CT molecular complexity index is 600. The molecule has 0 bridgehead atoms. The van der Waals surface area contributed by atoms with Gasteiger partial charge in [-0.05, 0) is 43.0 Å². The third-order valence-electron chi connectivity index (χ3n) is 4.67. The lowest BCUT2D eigenvalue weighted by atomic mass is 10.00. The molecule has 1 saturated carbocycles. The van der Waals surface area contributed by atoms with Crippen molar-refractivity contribution < 1.29 is 13.5 Å². The molecule has 3 atom stereocenters. The topological polar surface area (TPSA) is 69.6 Å². The summed E-state index contributed by atoms with van der Waals surface area (Å²) in [5.41, 5.74) is 1.03. The molecule has 2 aliphatic rings. The summed E-state index contributed by atoms with van der Waals surface area (Å²) in [5, 5.41) is 9.96. The van der Waals surface area contributed by atoms with Crippen molar-refractivity contribution in [3.8, 4) is 0 Å². The van der Waals surface area contributed by atoms with Gasteiger partial charge in [0.05, 0.1) is 11.0 Å². The van der Waals surface area contributed by atoms with E-state index in [1.165, 1.54) is 0 Å². The van der Waals surface area contributed by atoms with Crippen molar-refractivity contribution in [1.29, 1.82) is 0 Å². The Morgan fingerprint density at radius 2 is 1.95 bits per heavy atom. The highest BCUT2D eigenvalue weighted by molar-refractivity contribution is 7.89. The van der Waals surface area contributed by atoms with Crippen LogP contribution in [0.4, 0.5) is 5.69 Å². The van der Waals surface area contributed by atoms with E-state index in [-0.39, 0.29) is 6.10 Å². The van der Waals surface area contributed by atoms with Gasteiger partial charge in [0, 0.05) is 31.2 Å². The number of aliphatic hydroxyl groups is 1.